The SMILES string of the molecule is CC[C@H](C)c1ccc(NC(=O)CSc2nnc(-c3ccc(OC)cc3)n2N)cc1. The number of nitrogen functional groups attached to an aromatic ring is 1. The van der Waals surface area contributed by atoms with Crippen LogP contribution in [0.1, 0.15) is 31.7 Å². The van der Waals surface area contributed by atoms with Crippen molar-refractivity contribution in [3.05, 3.63) is 54.1 Å². The van der Waals surface area contributed by atoms with E-state index >= 15 is 0 Å². The predicted octanol–water partition coefficient (Wildman–Crippen LogP) is 3.91. The van der Waals surface area contributed by atoms with Gasteiger partial charge in [-0.05, 0) is 54.3 Å². The molecule has 3 rings (SSSR count). The number of hydrogen-bond donors (Lipinski definition) is 2. The van der Waals surface area contributed by atoms with Gasteiger partial charge in [0.05, 0.1) is 12.9 Å². The molecule has 0 aliphatic rings. The van der Waals surface area contributed by atoms with E-state index in [9.17, 15) is 4.79 Å². The maximum absolute atomic E-state index is 12.3. The summed E-state index contributed by atoms with van der Waals surface area (Å²) in [5.41, 5.74) is 2.86. The summed E-state index contributed by atoms with van der Waals surface area (Å²) >= 11 is 1.24. The van der Waals surface area contributed by atoms with Crippen LogP contribution in [0.5, 0.6) is 5.75 Å². The summed E-state index contributed by atoms with van der Waals surface area (Å²) in [6.45, 7) is 4.35. The van der Waals surface area contributed by atoms with Crippen molar-refractivity contribution in [2.45, 2.75) is 31.3 Å². The number of amides is 1. The number of ether oxygens (including phenoxy) is 1. The Kier molecular flexibility index (Phi) is 6.77. The minimum absolute atomic E-state index is 0.125. The lowest BCUT2D eigenvalue weighted by atomic mass is 9.99. The van der Waals surface area contributed by atoms with Gasteiger partial charge in [0.1, 0.15) is 5.75 Å². The van der Waals surface area contributed by atoms with Gasteiger partial charge in [0, 0.05) is 11.3 Å². The Labute approximate surface area is 174 Å². The summed E-state index contributed by atoms with van der Waals surface area (Å²) in [6.07, 6.45) is 1.08. The van der Waals surface area contributed by atoms with Crippen molar-refractivity contribution in [1.29, 1.82) is 0 Å². The van der Waals surface area contributed by atoms with E-state index in [-0.39, 0.29) is 11.7 Å². The Morgan fingerprint density at radius 2 is 1.86 bits per heavy atom. The van der Waals surface area contributed by atoms with Crippen molar-refractivity contribution in [2.75, 3.05) is 24.0 Å². The van der Waals surface area contributed by atoms with Crippen LogP contribution in [0.3, 0.4) is 0 Å². The lowest BCUT2D eigenvalue weighted by Gasteiger charge is -2.10. The van der Waals surface area contributed by atoms with Crippen molar-refractivity contribution in [2.24, 2.45) is 0 Å². The molecule has 1 amide bonds. The molecule has 7 nitrogen and oxygen atoms in total. The largest absolute Gasteiger partial charge is 0.497 e. The first-order valence-electron chi connectivity index (χ1n) is 9.39. The molecule has 1 aromatic heterocycles. The number of methoxy groups -OCH3 is 1. The normalized spacial score (nSPS) is 11.8. The van der Waals surface area contributed by atoms with E-state index in [1.807, 2.05) is 36.4 Å². The summed E-state index contributed by atoms with van der Waals surface area (Å²) in [4.78, 5) is 12.3. The Hall–Kier alpha value is -3.00. The molecule has 8 heteroatoms. The number of nitrogens with two attached hydrogens (primary N) is 1. The Morgan fingerprint density at radius 1 is 1.17 bits per heavy atom. The molecule has 0 fully saturated rings. The molecule has 0 radical (unpaired) electrons. The van der Waals surface area contributed by atoms with Crippen LogP contribution in [-0.4, -0.2) is 33.6 Å². The monoisotopic (exact) mass is 411 g/mol. The summed E-state index contributed by atoms with van der Waals surface area (Å²) in [7, 11) is 1.61. The summed E-state index contributed by atoms with van der Waals surface area (Å²) in [6, 6.07) is 15.3. The van der Waals surface area contributed by atoms with Crippen LogP contribution in [0, 0.1) is 0 Å². The van der Waals surface area contributed by atoms with Gasteiger partial charge in [0.25, 0.3) is 0 Å². The van der Waals surface area contributed by atoms with E-state index in [4.69, 9.17) is 10.6 Å². The molecule has 1 atom stereocenters. The van der Waals surface area contributed by atoms with Gasteiger partial charge < -0.3 is 15.9 Å². The van der Waals surface area contributed by atoms with Crippen molar-refractivity contribution in [1.82, 2.24) is 14.9 Å². The van der Waals surface area contributed by atoms with Crippen LogP contribution in [0.15, 0.2) is 53.7 Å². The number of nitrogens with one attached hydrogen (secondary N) is 1. The third kappa shape index (κ3) is 5.08. The quantitative estimate of drug-likeness (QED) is 0.431. The Bertz CT molecular complexity index is 954. The number of aromatic nitrogens is 3. The van der Waals surface area contributed by atoms with Crippen molar-refractivity contribution in [3.8, 4) is 17.1 Å². The maximum atomic E-state index is 12.3. The van der Waals surface area contributed by atoms with E-state index in [0.29, 0.717) is 16.9 Å². The molecule has 0 aliphatic carbocycles. The van der Waals surface area contributed by atoms with Crippen molar-refractivity contribution >= 4 is 23.4 Å². The second kappa shape index (κ2) is 9.47. The topological polar surface area (TPSA) is 95.1 Å². The van der Waals surface area contributed by atoms with E-state index in [2.05, 4.69) is 41.5 Å². The molecule has 0 bridgehead atoms. The molecule has 1 heterocycles. The van der Waals surface area contributed by atoms with Crippen molar-refractivity contribution < 1.29 is 9.53 Å². The molecular formula is C21H25N5O2S. The summed E-state index contributed by atoms with van der Waals surface area (Å²) in [5, 5.41) is 11.6. The van der Waals surface area contributed by atoms with E-state index < -0.39 is 0 Å². The highest BCUT2D eigenvalue weighted by Crippen LogP contribution is 2.24. The molecule has 0 spiro atoms. The average Bonchev–Trinajstić information content (AvgIpc) is 3.12. The standard InChI is InChI=1S/C21H25N5O2S/c1-4-14(2)15-5-9-17(10-6-15)23-19(27)13-29-21-25-24-20(26(21)22)16-7-11-18(28-3)12-8-16/h5-12,14H,4,13,22H2,1-3H3,(H,23,27)/t14-/m0/s1. The third-order valence-electron chi connectivity index (χ3n) is 4.72. The van der Waals surface area contributed by atoms with E-state index in [1.165, 1.54) is 22.0 Å². The van der Waals surface area contributed by atoms with E-state index in [0.717, 1.165) is 23.4 Å². The fraction of sp³-hybridized carbons (Fsp3) is 0.286. The molecular weight excluding hydrogens is 386 g/mol. The zero-order valence-electron chi connectivity index (χ0n) is 16.8. The highest BCUT2D eigenvalue weighted by molar-refractivity contribution is 7.99. The zero-order valence-corrected chi connectivity index (χ0v) is 17.6. The van der Waals surface area contributed by atoms with Gasteiger partial charge in [-0.2, -0.15) is 0 Å². The molecule has 3 N–H and O–H groups in total. The van der Waals surface area contributed by atoms with Gasteiger partial charge in [0.2, 0.25) is 11.1 Å². The Morgan fingerprint density at radius 3 is 2.48 bits per heavy atom. The molecule has 0 unspecified atom stereocenters. The predicted molar refractivity (Wildman–Crippen MR) is 117 cm³/mol. The number of hydrogen-bond acceptors (Lipinski definition) is 6. The van der Waals surface area contributed by atoms with Gasteiger partial charge in [-0.3, -0.25) is 4.79 Å². The Balaban J connectivity index is 1.58. The van der Waals surface area contributed by atoms with Crippen LogP contribution < -0.4 is 15.9 Å². The first-order valence-corrected chi connectivity index (χ1v) is 10.4. The lowest BCUT2D eigenvalue weighted by Crippen LogP contribution is -2.16. The average molecular weight is 412 g/mol. The number of carbonyl (C=O) groups is 1. The maximum Gasteiger partial charge on any atom is 0.234 e. The second-order valence-electron chi connectivity index (χ2n) is 6.67. The van der Waals surface area contributed by atoms with Crippen LogP contribution >= 0.6 is 11.8 Å². The van der Waals surface area contributed by atoms with Gasteiger partial charge >= 0.3 is 0 Å². The number of benzene rings is 2. The minimum atomic E-state index is -0.125. The summed E-state index contributed by atoms with van der Waals surface area (Å²) < 4.78 is 6.54. The van der Waals surface area contributed by atoms with Crippen LogP contribution in [0.4, 0.5) is 5.69 Å². The lowest BCUT2D eigenvalue weighted by molar-refractivity contribution is -0.113. The molecule has 2 aromatic carbocycles. The molecule has 3 aromatic rings. The number of rotatable bonds is 8. The van der Waals surface area contributed by atoms with Crippen LogP contribution in [0.25, 0.3) is 11.4 Å². The van der Waals surface area contributed by atoms with Gasteiger partial charge in [-0.15, -0.1) is 10.2 Å². The highest BCUT2D eigenvalue weighted by Gasteiger charge is 2.14. The fourth-order valence-corrected chi connectivity index (χ4v) is 3.43. The minimum Gasteiger partial charge on any atom is -0.497 e. The fourth-order valence-electron chi connectivity index (χ4n) is 2.77. The zero-order chi connectivity index (χ0) is 20.8. The van der Waals surface area contributed by atoms with Crippen LogP contribution in [0.2, 0.25) is 0 Å². The van der Waals surface area contributed by atoms with Crippen molar-refractivity contribution in [3.63, 3.8) is 0 Å². The third-order valence-corrected chi connectivity index (χ3v) is 5.66. The molecule has 0 saturated heterocycles. The molecule has 29 heavy (non-hydrogen) atoms. The smallest absolute Gasteiger partial charge is 0.234 e. The molecule has 0 saturated carbocycles. The van der Waals surface area contributed by atoms with Gasteiger partial charge in [-0.1, -0.05) is 37.7 Å². The first kappa shape index (κ1) is 20.7. The number of carbonyl (C=O) groups excluding carboxylic acids is 1. The van der Waals surface area contributed by atoms with Gasteiger partial charge in [0.15, 0.2) is 5.82 Å². The number of anilines is 1. The van der Waals surface area contributed by atoms with E-state index in [1.54, 1.807) is 7.11 Å². The second-order valence-corrected chi connectivity index (χ2v) is 7.62. The van der Waals surface area contributed by atoms with Crippen LogP contribution in [-0.2, 0) is 4.79 Å². The first-order chi connectivity index (χ1) is 14.0. The van der Waals surface area contributed by atoms with Gasteiger partial charge in [-0.25, -0.2) is 4.68 Å². The number of thioether (sulfide) groups is 1. The number of nitrogens with zero attached hydrogens (tertiary/aromatic N) is 3. The summed E-state index contributed by atoms with van der Waals surface area (Å²) in [5.74, 6) is 7.95. The molecule has 152 valence electrons. The molecule has 0 aliphatic heterocycles. The highest BCUT2D eigenvalue weighted by atomic mass is 32.2.